The number of benzene rings is 1. The lowest BCUT2D eigenvalue weighted by atomic mass is 10.0. The maximum atomic E-state index is 10.8. The van der Waals surface area contributed by atoms with Crippen molar-refractivity contribution in [3.8, 4) is 11.5 Å². The van der Waals surface area contributed by atoms with Crippen LogP contribution in [0.1, 0.15) is 107 Å². The smallest absolute Gasteiger partial charge is 0.161 e. The van der Waals surface area contributed by atoms with Crippen LogP contribution in [0.3, 0.4) is 0 Å². The van der Waals surface area contributed by atoms with Crippen molar-refractivity contribution in [3.63, 3.8) is 0 Å². The molecule has 3 heteroatoms. The molecular formula is C24H40O3. The maximum Gasteiger partial charge on any atom is 0.161 e. The van der Waals surface area contributed by atoms with Crippen molar-refractivity contribution in [2.75, 3.05) is 13.7 Å². The Morgan fingerprint density at radius 3 is 1.74 bits per heavy atom. The van der Waals surface area contributed by atoms with E-state index in [0.717, 1.165) is 18.5 Å². The largest absolute Gasteiger partial charge is 0.493 e. The van der Waals surface area contributed by atoms with Crippen molar-refractivity contribution in [2.45, 2.75) is 96.8 Å². The SMILES string of the molecule is CCCCCCCCCCCCCCCCOc1ccc(C=O)cc1OC. The van der Waals surface area contributed by atoms with Crippen LogP contribution in [0, 0.1) is 0 Å². The zero-order valence-electron chi connectivity index (χ0n) is 17.6. The number of methoxy groups -OCH3 is 1. The van der Waals surface area contributed by atoms with E-state index in [-0.39, 0.29) is 0 Å². The van der Waals surface area contributed by atoms with Crippen LogP contribution in [-0.2, 0) is 0 Å². The predicted molar refractivity (Wildman–Crippen MR) is 114 cm³/mol. The molecule has 0 fully saturated rings. The Morgan fingerprint density at radius 2 is 1.26 bits per heavy atom. The third-order valence-corrected chi connectivity index (χ3v) is 5.08. The van der Waals surface area contributed by atoms with Gasteiger partial charge in [0.2, 0.25) is 0 Å². The van der Waals surface area contributed by atoms with Crippen LogP contribution in [0.5, 0.6) is 11.5 Å². The Morgan fingerprint density at radius 1 is 0.741 bits per heavy atom. The van der Waals surface area contributed by atoms with E-state index in [9.17, 15) is 4.79 Å². The van der Waals surface area contributed by atoms with Crippen LogP contribution in [0.4, 0.5) is 0 Å². The van der Waals surface area contributed by atoms with Gasteiger partial charge in [0.05, 0.1) is 13.7 Å². The van der Waals surface area contributed by atoms with Gasteiger partial charge in [0, 0.05) is 5.56 Å². The van der Waals surface area contributed by atoms with E-state index in [1.165, 1.54) is 83.5 Å². The number of carbonyl (C=O) groups is 1. The first-order valence-electron chi connectivity index (χ1n) is 11.1. The lowest BCUT2D eigenvalue weighted by molar-refractivity contribution is 0.112. The van der Waals surface area contributed by atoms with E-state index in [4.69, 9.17) is 9.47 Å². The molecule has 0 saturated heterocycles. The van der Waals surface area contributed by atoms with Gasteiger partial charge in [-0.1, -0.05) is 90.4 Å². The number of carbonyl (C=O) groups excluding carboxylic acids is 1. The molecule has 1 aromatic carbocycles. The van der Waals surface area contributed by atoms with Crippen molar-refractivity contribution in [1.82, 2.24) is 0 Å². The number of rotatable bonds is 18. The minimum Gasteiger partial charge on any atom is -0.493 e. The average molecular weight is 377 g/mol. The fraction of sp³-hybridized carbons (Fsp3) is 0.708. The molecule has 1 aromatic rings. The Kier molecular flexibility index (Phi) is 14.5. The Bertz CT molecular complexity index is 485. The molecule has 0 aliphatic heterocycles. The molecule has 0 aliphatic rings. The van der Waals surface area contributed by atoms with Gasteiger partial charge in [0.25, 0.3) is 0 Å². The van der Waals surface area contributed by atoms with Crippen LogP contribution in [0.2, 0.25) is 0 Å². The minimum atomic E-state index is 0.607. The summed E-state index contributed by atoms with van der Waals surface area (Å²) in [5.74, 6) is 1.35. The van der Waals surface area contributed by atoms with Crippen LogP contribution < -0.4 is 9.47 Å². The molecule has 0 aromatic heterocycles. The summed E-state index contributed by atoms with van der Waals surface area (Å²) in [4.78, 5) is 10.8. The summed E-state index contributed by atoms with van der Waals surface area (Å²) in [6.45, 7) is 2.98. The highest BCUT2D eigenvalue weighted by Crippen LogP contribution is 2.27. The topological polar surface area (TPSA) is 35.5 Å². The zero-order chi connectivity index (χ0) is 19.6. The van der Waals surface area contributed by atoms with Gasteiger partial charge in [-0.25, -0.2) is 0 Å². The summed E-state index contributed by atoms with van der Waals surface area (Å²) in [7, 11) is 1.60. The van der Waals surface area contributed by atoms with E-state index in [1.54, 1.807) is 19.2 Å². The molecule has 0 amide bonds. The molecule has 0 heterocycles. The summed E-state index contributed by atoms with van der Waals surface area (Å²) in [6.07, 6.45) is 19.8. The Labute approximate surface area is 166 Å². The molecule has 0 N–H and O–H groups in total. The second-order valence-corrected chi connectivity index (χ2v) is 7.47. The zero-order valence-corrected chi connectivity index (χ0v) is 17.6. The van der Waals surface area contributed by atoms with Gasteiger partial charge in [0.15, 0.2) is 11.5 Å². The molecule has 3 nitrogen and oxygen atoms in total. The Balaban J connectivity index is 1.91. The first-order chi connectivity index (χ1) is 13.3. The van der Waals surface area contributed by atoms with Crippen molar-refractivity contribution >= 4 is 6.29 Å². The van der Waals surface area contributed by atoms with Gasteiger partial charge >= 0.3 is 0 Å². The van der Waals surface area contributed by atoms with Gasteiger partial charge in [-0.15, -0.1) is 0 Å². The molecular weight excluding hydrogens is 336 g/mol. The molecule has 0 radical (unpaired) electrons. The highest BCUT2D eigenvalue weighted by molar-refractivity contribution is 5.76. The molecule has 0 spiro atoms. The van der Waals surface area contributed by atoms with Crippen molar-refractivity contribution in [3.05, 3.63) is 23.8 Å². The molecule has 1 rings (SSSR count). The quantitative estimate of drug-likeness (QED) is 0.198. The molecule has 0 unspecified atom stereocenters. The molecule has 0 bridgehead atoms. The van der Waals surface area contributed by atoms with Crippen LogP contribution in [0.25, 0.3) is 0 Å². The van der Waals surface area contributed by atoms with Gasteiger partial charge in [-0.05, 0) is 24.6 Å². The number of ether oxygens (including phenoxy) is 2. The van der Waals surface area contributed by atoms with E-state index in [2.05, 4.69) is 6.92 Å². The van der Waals surface area contributed by atoms with E-state index < -0.39 is 0 Å². The maximum absolute atomic E-state index is 10.8. The number of hydrogen-bond acceptors (Lipinski definition) is 3. The second-order valence-electron chi connectivity index (χ2n) is 7.47. The molecule has 0 atom stereocenters. The van der Waals surface area contributed by atoms with E-state index >= 15 is 0 Å². The fourth-order valence-electron chi connectivity index (χ4n) is 3.36. The van der Waals surface area contributed by atoms with E-state index in [1.807, 2.05) is 6.07 Å². The van der Waals surface area contributed by atoms with Crippen LogP contribution >= 0.6 is 0 Å². The van der Waals surface area contributed by atoms with Crippen molar-refractivity contribution in [1.29, 1.82) is 0 Å². The van der Waals surface area contributed by atoms with Gasteiger partial charge in [0.1, 0.15) is 6.29 Å². The predicted octanol–water partition coefficient (Wildman–Crippen LogP) is 7.37. The first kappa shape index (κ1) is 23.5. The normalized spacial score (nSPS) is 10.7. The molecule has 154 valence electrons. The second kappa shape index (κ2) is 16.6. The summed E-state index contributed by atoms with van der Waals surface area (Å²) < 4.78 is 11.1. The fourth-order valence-corrected chi connectivity index (χ4v) is 3.36. The van der Waals surface area contributed by atoms with Crippen molar-refractivity contribution < 1.29 is 14.3 Å². The summed E-state index contributed by atoms with van der Waals surface area (Å²) in [6, 6.07) is 5.29. The van der Waals surface area contributed by atoms with Crippen LogP contribution in [0.15, 0.2) is 18.2 Å². The van der Waals surface area contributed by atoms with Gasteiger partial charge < -0.3 is 9.47 Å². The highest BCUT2D eigenvalue weighted by Gasteiger charge is 2.05. The minimum absolute atomic E-state index is 0.607. The van der Waals surface area contributed by atoms with Crippen molar-refractivity contribution in [2.24, 2.45) is 0 Å². The lowest BCUT2D eigenvalue weighted by Gasteiger charge is -2.11. The monoisotopic (exact) mass is 376 g/mol. The van der Waals surface area contributed by atoms with E-state index in [0.29, 0.717) is 17.9 Å². The lowest BCUT2D eigenvalue weighted by Crippen LogP contribution is -2.00. The Hall–Kier alpha value is -1.51. The molecule has 0 saturated carbocycles. The average Bonchev–Trinajstić information content (AvgIpc) is 2.70. The van der Waals surface area contributed by atoms with Crippen LogP contribution in [-0.4, -0.2) is 20.0 Å². The summed E-state index contributed by atoms with van der Waals surface area (Å²) in [5.41, 5.74) is 0.607. The first-order valence-corrected chi connectivity index (χ1v) is 11.1. The third kappa shape index (κ3) is 11.7. The standard InChI is InChI=1S/C24H40O3/c1-3-4-5-6-7-8-9-10-11-12-13-14-15-16-19-27-23-18-17-22(21-25)20-24(23)26-2/h17-18,20-21H,3-16,19H2,1-2H3. The number of unbranched alkanes of at least 4 members (excludes halogenated alkanes) is 13. The summed E-state index contributed by atoms with van der Waals surface area (Å²) in [5, 5.41) is 0. The van der Waals surface area contributed by atoms with Gasteiger partial charge in [-0.3, -0.25) is 4.79 Å². The molecule has 0 aliphatic carbocycles. The molecule has 27 heavy (non-hydrogen) atoms. The summed E-state index contributed by atoms with van der Waals surface area (Å²) >= 11 is 0. The van der Waals surface area contributed by atoms with Gasteiger partial charge in [-0.2, -0.15) is 0 Å². The highest BCUT2D eigenvalue weighted by atomic mass is 16.5. The third-order valence-electron chi connectivity index (χ3n) is 5.08. The number of hydrogen-bond donors (Lipinski definition) is 0. The number of aldehydes is 1.